The van der Waals surface area contributed by atoms with E-state index in [1.807, 2.05) is 91.0 Å². The van der Waals surface area contributed by atoms with Crippen molar-refractivity contribution in [2.75, 3.05) is 0 Å². The summed E-state index contributed by atoms with van der Waals surface area (Å²) in [5.41, 5.74) is 5.44. The maximum Gasteiger partial charge on any atom is 0.256 e. The minimum Gasteiger partial charge on any atom is -0.351 e. The van der Waals surface area contributed by atoms with Crippen molar-refractivity contribution < 1.29 is 14.4 Å². The molecule has 5 nitrogen and oxygen atoms in total. The number of rotatable bonds is 10. The zero-order valence-electron chi connectivity index (χ0n) is 16.8. The van der Waals surface area contributed by atoms with Crippen LogP contribution in [0.5, 0.6) is 0 Å². The molecule has 3 aromatic rings. The number of carbonyl (C=O) groups excluding carboxylic acids is 2. The zero-order valence-corrected chi connectivity index (χ0v) is 16.8. The van der Waals surface area contributed by atoms with E-state index in [2.05, 4.69) is 10.8 Å². The van der Waals surface area contributed by atoms with Crippen LogP contribution in [0.1, 0.15) is 23.1 Å². The average molecular weight is 402 g/mol. The molecule has 0 aliphatic carbocycles. The highest BCUT2D eigenvalue weighted by atomic mass is 16.6. The fourth-order valence-corrected chi connectivity index (χ4v) is 3.08. The molecular weight excluding hydrogens is 376 g/mol. The number of carbonyl (C=O) groups is 2. The first kappa shape index (κ1) is 21.3. The molecule has 0 saturated carbocycles. The third kappa shape index (κ3) is 6.87. The lowest BCUT2D eigenvalue weighted by atomic mass is 9.98. The highest BCUT2D eigenvalue weighted by Crippen LogP contribution is 2.12. The summed E-state index contributed by atoms with van der Waals surface area (Å²) in [5, 5.41) is 2.87. The second-order valence-electron chi connectivity index (χ2n) is 7.02. The van der Waals surface area contributed by atoms with E-state index < -0.39 is 11.8 Å². The van der Waals surface area contributed by atoms with Gasteiger partial charge >= 0.3 is 0 Å². The number of benzene rings is 3. The van der Waals surface area contributed by atoms with Gasteiger partial charge in [-0.05, 0) is 29.5 Å². The zero-order chi connectivity index (χ0) is 21.0. The number of aryl methyl sites for hydroxylation is 1. The van der Waals surface area contributed by atoms with Gasteiger partial charge in [-0.1, -0.05) is 91.0 Å². The number of nitrogens with one attached hydrogen (secondary N) is 2. The molecular formula is C25H26N2O3. The van der Waals surface area contributed by atoms with Gasteiger partial charge in [-0.15, -0.1) is 0 Å². The Labute approximate surface area is 177 Å². The largest absolute Gasteiger partial charge is 0.351 e. The molecule has 2 N–H and O–H groups in total. The van der Waals surface area contributed by atoms with Gasteiger partial charge in [0.2, 0.25) is 5.91 Å². The predicted octanol–water partition coefficient (Wildman–Crippen LogP) is 3.80. The van der Waals surface area contributed by atoms with E-state index in [1.54, 1.807) is 0 Å². The van der Waals surface area contributed by atoms with E-state index in [4.69, 9.17) is 4.84 Å². The number of hydrogen-bond donors (Lipinski definition) is 2. The molecule has 0 aromatic heterocycles. The molecule has 0 aliphatic rings. The van der Waals surface area contributed by atoms with Crippen LogP contribution in [0.25, 0.3) is 0 Å². The lowest BCUT2D eigenvalue weighted by Crippen LogP contribution is -2.41. The van der Waals surface area contributed by atoms with Crippen LogP contribution in [0.3, 0.4) is 0 Å². The highest BCUT2D eigenvalue weighted by Gasteiger charge is 2.26. The average Bonchev–Trinajstić information content (AvgIpc) is 2.80. The van der Waals surface area contributed by atoms with Crippen molar-refractivity contribution in [3.05, 3.63) is 108 Å². The first-order valence-corrected chi connectivity index (χ1v) is 10.0. The summed E-state index contributed by atoms with van der Waals surface area (Å²) < 4.78 is 0. The van der Waals surface area contributed by atoms with E-state index in [-0.39, 0.29) is 12.5 Å². The van der Waals surface area contributed by atoms with E-state index in [0.717, 1.165) is 16.7 Å². The van der Waals surface area contributed by atoms with Crippen LogP contribution in [0.15, 0.2) is 91.0 Å². The van der Waals surface area contributed by atoms with Gasteiger partial charge in [0, 0.05) is 6.54 Å². The molecule has 0 heterocycles. The molecule has 2 amide bonds. The Morgan fingerprint density at radius 2 is 1.23 bits per heavy atom. The monoisotopic (exact) mass is 402 g/mol. The maximum atomic E-state index is 12.8. The molecule has 154 valence electrons. The van der Waals surface area contributed by atoms with Crippen LogP contribution < -0.4 is 10.8 Å². The van der Waals surface area contributed by atoms with Crippen molar-refractivity contribution in [1.29, 1.82) is 0 Å². The van der Waals surface area contributed by atoms with E-state index in [0.29, 0.717) is 19.4 Å². The van der Waals surface area contributed by atoms with Crippen molar-refractivity contribution in [1.82, 2.24) is 10.8 Å². The molecule has 1 unspecified atom stereocenters. The van der Waals surface area contributed by atoms with Crippen molar-refractivity contribution in [2.45, 2.75) is 26.0 Å². The Morgan fingerprint density at radius 1 is 0.700 bits per heavy atom. The molecule has 0 saturated heterocycles. The van der Waals surface area contributed by atoms with Crippen molar-refractivity contribution in [3.8, 4) is 0 Å². The van der Waals surface area contributed by atoms with Crippen LogP contribution >= 0.6 is 0 Å². The van der Waals surface area contributed by atoms with E-state index >= 15 is 0 Å². The highest BCUT2D eigenvalue weighted by molar-refractivity contribution is 5.99. The van der Waals surface area contributed by atoms with Gasteiger partial charge in [-0.2, -0.15) is 0 Å². The van der Waals surface area contributed by atoms with Gasteiger partial charge in [0.15, 0.2) is 0 Å². The lowest BCUT2D eigenvalue weighted by Gasteiger charge is -2.17. The smallest absolute Gasteiger partial charge is 0.256 e. The topological polar surface area (TPSA) is 67.4 Å². The third-order valence-corrected chi connectivity index (χ3v) is 4.76. The van der Waals surface area contributed by atoms with Crippen LogP contribution in [0, 0.1) is 5.92 Å². The summed E-state index contributed by atoms with van der Waals surface area (Å²) in [6.07, 6.45) is 1.02. The summed E-state index contributed by atoms with van der Waals surface area (Å²) >= 11 is 0. The molecule has 0 spiro atoms. The Hall–Kier alpha value is -3.44. The molecule has 30 heavy (non-hydrogen) atoms. The molecule has 0 fully saturated rings. The fraction of sp³-hybridized carbons (Fsp3) is 0.200. The summed E-state index contributed by atoms with van der Waals surface area (Å²) in [7, 11) is 0. The Kier molecular flexibility index (Phi) is 8.18. The predicted molar refractivity (Wildman–Crippen MR) is 116 cm³/mol. The Bertz CT molecular complexity index is 915. The molecule has 5 heteroatoms. The van der Waals surface area contributed by atoms with Crippen LogP contribution in [0.2, 0.25) is 0 Å². The quantitative estimate of drug-likeness (QED) is 0.400. The van der Waals surface area contributed by atoms with Crippen molar-refractivity contribution in [3.63, 3.8) is 0 Å². The normalized spacial score (nSPS) is 11.5. The second kappa shape index (κ2) is 11.5. The number of hydrogen-bond acceptors (Lipinski definition) is 3. The summed E-state index contributed by atoms with van der Waals surface area (Å²) in [6.45, 7) is 0.614. The Morgan fingerprint density at radius 3 is 1.83 bits per heavy atom. The standard InChI is InChI=1S/C25H26N2O3/c28-24(26-18-21-12-6-2-7-13-21)23(17-16-20-10-4-1-5-11-20)25(29)27-30-19-22-14-8-3-9-15-22/h1-15,23H,16-19H2,(H,26,28)(H,27,29). The van der Waals surface area contributed by atoms with Crippen LogP contribution in [0.4, 0.5) is 0 Å². The van der Waals surface area contributed by atoms with Gasteiger partial charge in [0.25, 0.3) is 5.91 Å². The van der Waals surface area contributed by atoms with E-state index in [9.17, 15) is 9.59 Å². The van der Waals surface area contributed by atoms with Crippen molar-refractivity contribution >= 4 is 11.8 Å². The first-order chi connectivity index (χ1) is 14.7. The molecule has 1 atom stereocenters. The van der Waals surface area contributed by atoms with Crippen LogP contribution in [-0.2, 0) is 34.0 Å². The SMILES string of the molecule is O=C(NCc1ccccc1)C(CCc1ccccc1)C(=O)NOCc1ccccc1. The van der Waals surface area contributed by atoms with Gasteiger partial charge in [0.1, 0.15) is 5.92 Å². The summed E-state index contributed by atoms with van der Waals surface area (Å²) in [5.74, 6) is -1.59. The number of amides is 2. The molecule has 0 aliphatic heterocycles. The summed E-state index contributed by atoms with van der Waals surface area (Å²) in [6, 6.07) is 29.0. The third-order valence-electron chi connectivity index (χ3n) is 4.76. The maximum absolute atomic E-state index is 12.8. The van der Waals surface area contributed by atoms with Gasteiger partial charge in [-0.25, -0.2) is 5.48 Å². The van der Waals surface area contributed by atoms with E-state index in [1.165, 1.54) is 0 Å². The molecule has 3 aromatic carbocycles. The molecule has 3 rings (SSSR count). The van der Waals surface area contributed by atoms with Gasteiger partial charge in [-0.3, -0.25) is 14.4 Å². The summed E-state index contributed by atoms with van der Waals surface area (Å²) in [4.78, 5) is 30.8. The Balaban J connectivity index is 1.58. The van der Waals surface area contributed by atoms with Crippen molar-refractivity contribution in [2.24, 2.45) is 5.92 Å². The molecule has 0 bridgehead atoms. The minimum absolute atomic E-state index is 0.240. The second-order valence-corrected chi connectivity index (χ2v) is 7.02. The fourth-order valence-electron chi connectivity index (χ4n) is 3.08. The van der Waals surface area contributed by atoms with Gasteiger partial charge < -0.3 is 5.32 Å². The van der Waals surface area contributed by atoms with Crippen LogP contribution in [-0.4, -0.2) is 11.8 Å². The minimum atomic E-state index is -0.843. The first-order valence-electron chi connectivity index (χ1n) is 10.0. The molecule has 0 radical (unpaired) electrons. The van der Waals surface area contributed by atoms with Gasteiger partial charge in [0.05, 0.1) is 6.61 Å². The lowest BCUT2D eigenvalue weighted by molar-refractivity contribution is -0.144. The number of hydroxylamine groups is 1.